The zero-order valence-electron chi connectivity index (χ0n) is 9.67. The smallest absolute Gasteiger partial charge is 0.121 e. The summed E-state index contributed by atoms with van der Waals surface area (Å²) >= 11 is 3.50. The summed E-state index contributed by atoms with van der Waals surface area (Å²) in [6, 6.07) is 5.94. The van der Waals surface area contributed by atoms with Gasteiger partial charge in [0.15, 0.2) is 0 Å². The highest BCUT2D eigenvalue weighted by Gasteiger charge is 2.13. The largest absolute Gasteiger partial charge is 0.488 e. The molecule has 3 heteroatoms. The van der Waals surface area contributed by atoms with Crippen molar-refractivity contribution in [3.8, 4) is 5.75 Å². The lowest BCUT2D eigenvalue weighted by molar-refractivity contribution is 0.131. The lowest BCUT2D eigenvalue weighted by Gasteiger charge is -2.22. The van der Waals surface area contributed by atoms with Crippen LogP contribution in [0.25, 0.3) is 0 Å². The first-order valence-corrected chi connectivity index (χ1v) is 5.83. The normalized spacial score (nSPS) is 13.7. The molecule has 1 aromatic rings. The van der Waals surface area contributed by atoms with Crippen molar-refractivity contribution in [3.05, 3.63) is 28.2 Å². The number of hydrogen-bond donors (Lipinski definition) is 1. The van der Waals surface area contributed by atoms with Crippen LogP contribution in [-0.4, -0.2) is 5.60 Å². The summed E-state index contributed by atoms with van der Waals surface area (Å²) in [4.78, 5) is 0. The van der Waals surface area contributed by atoms with E-state index in [4.69, 9.17) is 10.5 Å². The van der Waals surface area contributed by atoms with Gasteiger partial charge in [-0.3, -0.25) is 0 Å². The van der Waals surface area contributed by atoms with Crippen LogP contribution in [0.15, 0.2) is 22.7 Å². The van der Waals surface area contributed by atoms with Gasteiger partial charge in [-0.1, -0.05) is 22.0 Å². The van der Waals surface area contributed by atoms with Gasteiger partial charge in [-0.05, 0) is 45.4 Å². The van der Waals surface area contributed by atoms with Crippen LogP contribution in [0.4, 0.5) is 0 Å². The third kappa shape index (κ3) is 3.84. The Balaban J connectivity index is 2.92. The number of benzene rings is 1. The van der Waals surface area contributed by atoms with Gasteiger partial charge < -0.3 is 10.5 Å². The molecule has 0 saturated heterocycles. The summed E-state index contributed by atoms with van der Waals surface area (Å²) in [6.07, 6.45) is 0. The highest BCUT2D eigenvalue weighted by Crippen LogP contribution is 2.28. The average molecular weight is 272 g/mol. The maximum atomic E-state index is 5.82. The fraction of sp³-hybridized carbons (Fsp3) is 0.500. The molecule has 0 fully saturated rings. The van der Waals surface area contributed by atoms with Gasteiger partial charge in [-0.25, -0.2) is 0 Å². The minimum absolute atomic E-state index is 0.0306. The topological polar surface area (TPSA) is 35.2 Å². The van der Waals surface area contributed by atoms with E-state index >= 15 is 0 Å². The van der Waals surface area contributed by atoms with E-state index in [0.29, 0.717) is 0 Å². The highest BCUT2D eigenvalue weighted by molar-refractivity contribution is 9.10. The Kier molecular flexibility index (Phi) is 3.79. The number of ether oxygens (including phenoxy) is 1. The van der Waals surface area contributed by atoms with Gasteiger partial charge in [-0.2, -0.15) is 0 Å². The van der Waals surface area contributed by atoms with Crippen LogP contribution in [0, 0.1) is 0 Å². The van der Waals surface area contributed by atoms with Gasteiger partial charge in [0.2, 0.25) is 0 Å². The first-order chi connectivity index (χ1) is 6.79. The van der Waals surface area contributed by atoms with Gasteiger partial charge in [0.1, 0.15) is 11.4 Å². The molecule has 0 saturated carbocycles. The van der Waals surface area contributed by atoms with Crippen LogP contribution in [0.5, 0.6) is 5.75 Å². The number of halogens is 1. The number of nitrogens with two attached hydrogens (primary N) is 1. The summed E-state index contributed by atoms with van der Waals surface area (Å²) in [5, 5.41) is 0. The van der Waals surface area contributed by atoms with Crippen molar-refractivity contribution in [1.82, 2.24) is 0 Å². The van der Waals surface area contributed by atoms with Crippen LogP contribution in [0.2, 0.25) is 0 Å². The highest BCUT2D eigenvalue weighted by atomic mass is 79.9. The molecular weight excluding hydrogens is 254 g/mol. The fourth-order valence-electron chi connectivity index (χ4n) is 1.29. The molecule has 1 aromatic carbocycles. The summed E-state index contributed by atoms with van der Waals surface area (Å²) < 4.78 is 6.75. The van der Waals surface area contributed by atoms with Gasteiger partial charge in [0, 0.05) is 10.5 Å². The van der Waals surface area contributed by atoms with Crippen molar-refractivity contribution >= 4 is 15.9 Å². The summed E-state index contributed by atoms with van der Waals surface area (Å²) in [6.45, 7) is 8.05. The lowest BCUT2D eigenvalue weighted by atomic mass is 10.1. The Bertz CT molecular complexity index is 342. The van der Waals surface area contributed by atoms with Crippen LogP contribution in [0.1, 0.15) is 39.3 Å². The van der Waals surface area contributed by atoms with E-state index in [2.05, 4.69) is 15.9 Å². The SMILES string of the molecule is CC(N)c1ccc(OC(C)(C)C)cc1Br. The van der Waals surface area contributed by atoms with Crippen molar-refractivity contribution in [2.45, 2.75) is 39.3 Å². The van der Waals surface area contributed by atoms with Gasteiger partial charge >= 0.3 is 0 Å². The second-order valence-corrected chi connectivity index (χ2v) is 5.54. The van der Waals surface area contributed by atoms with E-state index in [1.807, 2.05) is 45.9 Å². The van der Waals surface area contributed by atoms with E-state index in [1.54, 1.807) is 0 Å². The lowest BCUT2D eigenvalue weighted by Crippen LogP contribution is -2.23. The molecule has 0 radical (unpaired) electrons. The van der Waals surface area contributed by atoms with Gasteiger partial charge in [-0.15, -0.1) is 0 Å². The standard InChI is InChI=1S/C12H18BrNO/c1-8(14)10-6-5-9(7-11(10)13)15-12(2,3)4/h5-8H,14H2,1-4H3. The second-order valence-electron chi connectivity index (χ2n) is 4.69. The molecule has 1 atom stereocenters. The van der Waals surface area contributed by atoms with Crippen LogP contribution >= 0.6 is 15.9 Å². The van der Waals surface area contributed by atoms with Crippen LogP contribution in [0.3, 0.4) is 0 Å². The molecule has 84 valence electrons. The van der Waals surface area contributed by atoms with Crippen LogP contribution in [-0.2, 0) is 0 Å². The Hall–Kier alpha value is -0.540. The molecule has 0 aliphatic heterocycles. The minimum atomic E-state index is -0.171. The number of hydrogen-bond acceptors (Lipinski definition) is 2. The molecule has 0 aromatic heterocycles. The predicted octanol–water partition coefficient (Wildman–Crippen LogP) is 3.65. The molecule has 0 heterocycles. The van der Waals surface area contributed by atoms with E-state index in [0.717, 1.165) is 15.8 Å². The first-order valence-electron chi connectivity index (χ1n) is 5.03. The Morgan fingerprint density at radius 1 is 1.33 bits per heavy atom. The molecule has 0 aliphatic carbocycles. The quantitative estimate of drug-likeness (QED) is 0.892. The van der Waals surface area contributed by atoms with E-state index in [1.165, 1.54) is 0 Å². The Labute approximate surface area is 99.9 Å². The molecule has 1 unspecified atom stereocenters. The van der Waals surface area contributed by atoms with Crippen LogP contribution < -0.4 is 10.5 Å². The molecule has 0 spiro atoms. The van der Waals surface area contributed by atoms with Gasteiger partial charge in [0.25, 0.3) is 0 Å². The monoisotopic (exact) mass is 271 g/mol. The van der Waals surface area contributed by atoms with E-state index in [9.17, 15) is 0 Å². The molecular formula is C12H18BrNO. The summed E-state index contributed by atoms with van der Waals surface area (Å²) in [5.74, 6) is 0.860. The maximum absolute atomic E-state index is 5.82. The Morgan fingerprint density at radius 3 is 2.33 bits per heavy atom. The molecule has 15 heavy (non-hydrogen) atoms. The third-order valence-corrected chi connectivity index (χ3v) is 2.57. The van der Waals surface area contributed by atoms with E-state index in [-0.39, 0.29) is 11.6 Å². The zero-order chi connectivity index (χ0) is 11.6. The summed E-state index contributed by atoms with van der Waals surface area (Å²) in [5.41, 5.74) is 6.74. The van der Waals surface area contributed by atoms with Crippen molar-refractivity contribution < 1.29 is 4.74 Å². The minimum Gasteiger partial charge on any atom is -0.488 e. The zero-order valence-corrected chi connectivity index (χ0v) is 11.3. The molecule has 2 nitrogen and oxygen atoms in total. The second kappa shape index (κ2) is 4.54. The molecule has 2 N–H and O–H groups in total. The van der Waals surface area contributed by atoms with Crippen molar-refractivity contribution in [2.75, 3.05) is 0 Å². The van der Waals surface area contributed by atoms with E-state index < -0.39 is 0 Å². The molecule has 0 aliphatic rings. The third-order valence-electron chi connectivity index (χ3n) is 1.89. The maximum Gasteiger partial charge on any atom is 0.121 e. The molecule has 1 rings (SSSR count). The molecule has 0 amide bonds. The fourth-order valence-corrected chi connectivity index (χ4v) is 2.01. The number of rotatable bonds is 2. The first kappa shape index (κ1) is 12.5. The average Bonchev–Trinajstić information content (AvgIpc) is 1.99. The van der Waals surface area contributed by atoms with Crippen molar-refractivity contribution in [3.63, 3.8) is 0 Å². The van der Waals surface area contributed by atoms with Crippen molar-refractivity contribution in [1.29, 1.82) is 0 Å². The summed E-state index contributed by atoms with van der Waals surface area (Å²) in [7, 11) is 0. The molecule has 0 bridgehead atoms. The Morgan fingerprint density at radius 2 is 1.93 bits per heavy atom. The predicted molar refractivity (Wildman–Crippen MR) is 67.1 cm³/mol. The van der Waals surface area contributed by atoms with Crippen molar-refractivity contribution in [2.24, 2.45) is 5.73 Å². The van der Waals surface area contributed by atoms with Gasteiger partial charge in [0.05, 0.1) is 0 Å².